The molecule has 0 aliphatic rings. The van der Waals surface area contributed by atoms with Crippen molar-refractivity contribution in [3.05, 3.63) is 29.8 Å². The molecule has 0 spiro atoms. The standard InChI is InChI=1S/C11H18BNO3/c1-13(7-4-8-14)9-10-5-2-3-6-11(10)12(15)16/h2-3,5-6,14-16H,4,7-9H2,1H3. The number of nitrogens with zero attached hydrogens (tertiary/aromatic N) is 1. The minimum absolute atomic E-state index is 0.175. The van der Waals surface area contributed by atoms with E-state index in [2.05, 4.69) is 0 Å². The van der Waals surface area contributed by atoms with Crippen LogP contribution < -0.4 is 5.46 Å². The van der Waals surface area contributed by atoms with E-state index in [9.17, 15) is 10.0 Å². The highest BCUT2D eigenvalue weighted by Crippen LogP contribution is 2.02. The van der Waals surface area contributed by atoms with E-state index in [0.717, 1.165) is 18.5 Å². The predicted molar refractivity (Wildman–Crippen MR) is 64.3 cm³/mol. The molecule has 1 rings (SSSR count). The van der Waals surface area contributed by atoms with Crippen LogP contribution in [0, 0.1) is 0 Å². The molecule has 0 saturated carbocycles. The normalized spacial score (nSPS) is 10.8. The van der Waals surface area contributed by atoms with E-state index in [1.54, 1.807) is 12.1 Å². The third kappa shape index (κ3) is 3.94. The molecule has 5 heteroatoms. The highest BCUT2D eigenvalue weighted by molar-refractivity contribution is 6.59. The van der Waals surface area contributed by atoms with Gasteiger partial charge in [-0.25, -0.2) is 0 Å². The summed E-state index contributed by atoms with van der Waals surface area (Å²) < 4.78 is 0. The molecular formula is C11H18BNO3. The first-order valence-corrected chi connectivity index (χ1v) is 5.38. The zero-order chi connectivity index (χ0) is 12.0. The van der Waals surface area contributed by atoms with Crippen LogP contribution in [-0.2, 0) is 6.54 Å². The third-order valence-electron chi connectivity index (χ3n) is 2.47. The van der Waals surface area contributed by atoms with Crippen molar-refractivity contribution in [1.29, 1.82) is 0 Å². The van der Waals surface area contributed by atoms with Crippen LogP contribution in [0.1, 0.15) is 12.0 Å². The van der Waals surface area contributed by atoms with Crippen molar-refractivity contribution in [2.75, 3.05) is 20.2 Å². The molecule has 0 aliphatic carbocycles. The highest BCUT2D eigenvalue weighted by Gasteiger charge is 2.15. The summed E-state index contributed by atoms with van der Waals surface area (Å²) in [5.74, 6) is 0. The largest absolute Gasteiger partial charge is 0.488 e. The molecule has 16 heavy (non-hydrogen) atoms. The Morgan fingerprint density at radius 2 is 1.94 bits per heavy atom. The van der Waals surface area contributed by atoms with Gasteiger partial charge < -0.3 is 20.1 Å². The van der Waals surface area contributed by atoms with Gasteiger partial charge >= 0.3 is 7.12 Å². The number of hydrogen-bond donors (Lipinski definition) is 3. The predicted octanol–water partition coefficient (Wildman–Crippen LogP) is -0.819. The maximum absolute atomic E-state index is 9.19. The quantitative estimate of drug-likeness (QED) is 0.551. The van der Waals surface area contributed by atoms with Crippen molar-refractivity contribution >= 4 is 12.6 Å². The van der Waals surface area contributed by atoms with Gasteiger partial charge in [-0.15, -0.1) is 0 Å². The zero-order valence-electron chi connectivity index (χ0n) is 9.50. The van der Waals surface area contributed by atoms with Crippen LogP contribution in [0.15, 0.2) is 24.3 Å². The van der Waals surface area contributed by atoms with E-state index in [1.807, 2.05) is 24.1 Å². The van der Waals surface area contributed by atoms with Gasteiger partial charge in [-0.2, -0.15) is 0 Å². The maximum Gasteiger partial charge on any atom is 0.488 e. The molecule has 0 atom stereocenters. The van der Waals surface area contributed by atoms with Crippen LogP contribution in [0.5, 0.6) is 0 Å². The Balaban J connectivity index is 2.65. The van der Waals surface area contributed by atoms with Crippen molar-refractivity contribution < 1.29 is 15.2 Å². The van der Waals surface area contributed by atoms with Gasteiger partial charge in [0.05, 0.1) is 0 Å². The molecule has 4 nitrogen and oxygen atoms in total. The topological polar surface area (TPSA) is 63.9 Å². The number of benzene rings is 1. The molecule has 0 aromatic heterocycles. The Bertz CT molecular complexity index is 320. The molecule has 1 aromatic carbocycles. The molecule has 0 aliphatic heterocycles. The van der Waals surface area contributed by atoms with E-state index >= 15 is 0 Å². The highest BCUT2D eigenvalue weighted by atomic mass is 16.4. The summed E-state index contributed by atoms with van der Waals surface area (Å²) in [6.07, 6.45) is 0.723. The minimum Gasteiger partial charge on any atom is -0.423 e. The number of rotatable bonds is 6. The number of aliphatic hydroxyl groups excluding tert-OH is 1. The van der Waals surface area contributed by atoms with Crippen molar-refractivity contribution in [1.82, 2.24) is 4.90 Å². The Hall–Kier alpha value is -0.875. The minimum atomic E-state index is -1.43. The lowest BCUT2D eigenvalue weighted by molar-refractivity contribution is 0.244. The van der Waals surface area contributed by atoms with E-state index in [-0.39, 0.29) is 6.61 Å². The van der Waals surface area contributed by atoms with Crippen LogP contribution in [0.4, 0.5) is 0 Å². The second kappa shape index (κ2) is 6.65. The number of aliphatic hydroxyl groups is 1. The molecule has 0 heterocycles. The molecule has 0 amide bonds. The van der Waals surface area contributed by atoms with Gasteiger partial charge in [0.15, 0.2) is 0 Å². The summed E-state index contributed by atoms with van der Waals surface area (Å²) in [5, 5.41) is 27.1. The maximum atomic E-state index is 9.19. The Kier molecular flexibility index (Phi) is 5.48. The van der Waals surface area contributed by atoms with Crippen molar-refractivity contribution in [2.24, 2.45) is 0 Å². The number of hydrogen-bond acceptors (Lipinski definition) is 4. The van der Waals surface area contributed by atoms with Crippen LogP contribution in [0.2, 0.25) is 0 Å². The Morgan fingerprint density at radius 3 is 2.56 bits per heavy atom. The molecule has 88 valence electrons. The first-order chi connectivity index (χ1) is 7.65. The molecule has 3 N–H and O–H groups in total. The van der Waals surface area contributed by atoms with E-state index in [1.165, 1.54) is 0 Å². The molecule has 0 radical (unpaired) electrons. The summed E-state index contributed by atoms with van der Waals surface area (Å²) >= 11 is 0. The fourth-order valence-electron chi connectivity index (χ4n) is 1.64. The van der Waals surface area contributed by atoms with Gasteiger partial charge in [0.2, 0.25) is 0 Å². The third-order valence-corrected chi connectivity index (χ3v) is 2.47. The molecule has 0 fully saturated rings. The molecular weight excluding hydrogens is 205 g/mol. The lowest BCUT2D eigenvalue weighted by atomic mass is 9.77. The Labute approximate surface area is 96.3 Å². The molecule has 0 unspecified atom stereocenters. The summed E-state index contributed by atoms with van der Waals surface area (Å²) in [7, 11) is 0.512. The monoisotopic (exact) mass is 223 g/mol. The van der Waals surface area contributed by atoms with Crippen LogP contribution in [0.25, 0.3) is 0 Å². The first-order valence-electron chi connectivity index (χ1n) is 5.38. The van der Waals surface area contributed by atoms with Gasteiger partial charge in [-0.05, 0) is 24.5 Å². The summed E-state index contributed by atoms with van der Waals surface area (Å²) in [5.41, 5.74) is 1.44. The van der Waals surface area contributed by atoms with Crippen LogP contribution in [-0.4, -0.2) is 47.4 Å². The summed E-state index contributed by atoms with van der Waals surface area (Å²) in [6.45, 7) is 1.61. The van der Waals surface area contributed by atoms with Crippen molar-refractivity contribution in [3.8, 4) is 0 Å². The van der Waals surface area contributed by atoms with Crippen molar-refractivity contribution in [3.63, 3.8) is 0 Å². The summed E-state index contributed by atoms with van der Waals surface area (Å²) in [4.78, 5) is 2.04. The average molecular weight is 223 g/mol. The molecule has 0 saturated heterocycles. The SMILES string of the molecule is CN(CCCO)Cc1ccccc1B(O)O. The fourth-order valence-corrected chi connectivity index (χ4v) is 1.64. The van der Waals surface area contributed by atoms with E-state index in [0.29, 0.717) is 12.0 Å². The molecule has 1 aromatic rings. The van der Waals surface area contributed by atoms with E-state index < -0.39 is 7.12 Å². The summed E-state index contributed by atoms with van der Waals surface area (Å²) in [6, 6.07) is 7.25. The lowest BCUT2D eigenvalue weighted by Crippen LogP contribution is -2.35. The first kappa shape index (κ1) is 13.2. The smallest absolute Gasteiger partial charge is 0.423 e. The average Bonchev–Trinajstić information content (AvgIpc) is 2.27. The van der Waals surface area contributed by atoms with Gasteiger partial charge in [0.1, 0.15) is 0 Å². The van der Waals surface area contributed by atoms with E-state index in [4.69, 9.17) is 5.11 Å². The van der Waals surface area contributed by atoms with Crippen molar-refractivity contribution in [2.45, 2.75) is 13.0 Å². The zero-order valence-corrected chi connectivity index (χ0v) is 9.50. The van der Waals surface area contributed by atoms with Gasteiger partial charge in [-0.3, -0.25) is 0 Å². The second-order valence-corrected chi connectivity index (χ2v) is 3.89. The van der Waals surface area contributed by atoms with Crippen LogP contribution in [0.3, 0.4) is 0 Å². The van der Waals surface area contributed by atoms with Gasteiger partial charge in [0, 0.05) is 19.7 Å². The second-order valence-electron chi connectivity index (χ2n) is 3.89. The van der Waals surface area contributed by atoms with Crippen LogP contribution >= 0.6 is 0 Å². The van der Waals surface area contributed by atoms with Gasteiger partial charge in [-0.1, -0.05) is 24.3 Å². The molecule has 0 bridgehead atoms. The lowest BCUT2D eigenvalue weighted by Gasteiger charge is -2.18. The van der Waals surface area contributed by atoms with Gasteiger partial charge in [0.25, 0.3) is 0 Å². The Morgan fingerprint density at radius 1 is 1.25 bits per heavy atom. The fraction of sp³-hybridized carbons (Fsp3) is 0.455.